The monoisotopic (exact) mass is 552 g/mol. The molecule has 8 heteroatoms. The summed E-state index contributed by atoms with van der Waals surface area (Å²) in [7, 11) is 1.64. The molecule has 1 amide bonds. The van der Waals surface area contributed by atoms with E-state index in [1.807, 2.05) is 54.3 Å². The molecule has 0 aromatic heterocycles. The van der Waals surface area contributed by atoms with Crippen molar-refractivity contribution < 1.29 is 28.5 Å². The van der Waals surface area contributed by atoms with Crippen molar-refractivity contribution in [2.75, 3.05) is 40.1 Å². The summed E-state index contributed by atoms with van der Waals surface area (Å²) in [5, 5.41) is 0. The highest BCUT2D eigenvalue weighted by atomic mass is 16.7. The van der Waals surface area contributed by atoms with Gasteiger partial charge in [0, 0.05) is 31.6 Å². The molecular formula is C32H44N2O6. The quantitative estimate of drug-likeness (QED) is 0.301. The van der Waals surface area contributed by atoms with Gasteiger partial charge < -0.3 is 23.8 Å². The molecule has 4 atom stereocenters. The first-order valence-electron chi connectivity index (χ1n) is 14.7. The number of carbonyl (C=O) groups excluding carboxylic acids is 2. The predicted octanol–water partition coefficient (Wildman–Crippen LogP) is 5.56. The zero-order valence-electron chi connectivity index (χ0n) is 24.6. The molecule has 2 aliphatic rings. The van der Waals surface area contributed by atoms with Gasteiger partial charge in [-0.25, -0.2) is 0 Å². The van der Waals surface area contributed by atoms with Crippen molar-refractivity contribution in [3.05, 3.63) is 53.6 Å². The molecule has 0 spiro atoms. The standard InChI is InChI=1S/C32H44N2O6/c1-6-10-26(31(35)33(17-7-2)18-8-3)34-20-25(23-13-16-27-28(19-23)40-21-39-27)29(32(36)38-9-4)30(34)22-11-14-24(37-5)15-12-22/h11-16,19,25-26,29-30H,6-10,17-18,20-21H2,1-5H3/t25-,26-,29+,30-/m1/s1. The van der Waals surface area contributed by atoms with Gasteiger partial charge in [-0.15, -0.1) is 0 Å². The van der Waals surface area contributed by atoms with Crippen molar-refractivity contribution in [1.82, 2.24) is 9.80 Å². The summed E-state index contributed by atoms with van der Waals surface area (Å²) in [6.07, 6.45) is 3.36. The topological polar surface area (TPSA) is 77.5 Å². The van der Waals surface area contributed by atoms with E-state index in [0.29, 0.717) is 24.5 Å². The highest BCUT2D eigenvalue weighted by Crippen LogP contribution is 2.49. The number of rotatable bonds is 13. The van der Waals surface area contributed by atoms with Crippen molar-refractivity contribution in [2.45, 2.75) is 71.4 Å². The molecule has 40 heavy (non-hydrogen) atoms. The van der Waals surface area contributed by atoms with E-state index in [1.54, 1.807) is 7.11 Å². The largest absolute Gasteiger partial charge is 0.497 e. The summed E-state index contributed by atoms with van der Waals surface area (Å²) >= 11 is 0. The average molecular weight is 553 g/mol. The van der Waals surface area contributed by atoms with Crippen LogP contribution in [0.25, 0.3) is 0 Å². The van der Waals surface area contributed by atoms with Crippen LogP contribution >= 0.6 is 0 Å². The minimum atomic E-state index is -0.508. The summed E-state index contributed by atoms with van der Waals surface area (Å²) < 4.78 is 22.4. The molecule has 1 fully saturated rings. The van der Waals surface area contributed by atoms with Gasteiger partial charge >= 0.3 is 5.97 Å². The third-order valence-corrected chi connectivity index (χ3v) is 7.93. The number of amides is 1. The van der Waals surface area contributed by atoms with Crippen LogP contribution in [0.4, 0.5) is 0 Å². The van der Waals surface area contributed by atoms with Crippen LogP contribution in [0.3, 0.4) is 0 Å². The number of nitrogens with zero attached hydrogens (tertiary/aromatic N) is 2. The number of fused-ring (bicyclic) bond motifs is 1. The summed E-state index contributed by atoms with van der Waals surface area (Å²) in [6, 6.07) is 13.0. The molecule has 0 aliphatic carbocycles. The SMILES string of the molecule is CCC[C@H](C(=O)N(CCC)CCC)N1C[C@H](c2ccc3c(c2)OCO3)[C@H](C(=O)OCC)[C@H]1c1ccc(OC)cc1. The zero-order valence-corrected chi connectivity index (χ0v) is 24.6. The van der Waals surface area contributed by atoms with Gasteiger partial charge in [0.1, 0.15) is 5.75 Å². The Hall–Kier alpha value is -3.26. The van der Waals surface area contributed by atoms with Crippen molar-refractivity contribution in [1.29, 1.82) is 0 Å². The van der Waals surface area contributed by atoms with Crippen LogP contribution < -0.4 is 14.2 Å². The number of likely N-dealkylation sites (tertiary alicyclic amines) is 1. The number of carbonyl (C=O) groups is 2. The van der Waals surface area contributed by atoms with Gasteiger partial charge in [0.25, 0.3) is 0 Å². The number of esters is 1. The van der Waals surface area contributed by atoms with E-state index in [0.717, 1.165) is 49.2 Å². The number of ether oxygens (including phenoxy) is 4. The molecule has 1 saturated heterocycles. The van der Waals surface area contributed by atoms with Gasteiger partial charge in [-0.3, -0.25) is 14.5 Å². The van der Waals surface area contributed by atoms with Crippen molar-refractivity contribution in [3.8, 4) is 17.2 Å². The summed E-state index contributed by atoms with van der Waals surface area (Å²) in [6.45, 7) is 10.6. The molecule has 2 aliphatic heterocycles. The second-order valence-corrected chi connectivity index (χ2v) is 10.5. The first-order chi connectivity index (χ1) is 19.5. The van der Waals surface area contributed by atoms with Gasteiger partial charge in [0.05, 0.1) is 25.7 Å². The highest BCUT2D eigenvalue weighted by Gasteiger charge is 2.51. The minimum Gasteiger partial charge on any atom is -0.497 e. The number of hydrogen-bond acceptors (Lipinski definition) is 7. The maximum absolute atomic E-state index is 14.2. The molecule has 0 saturated carbocycles. The lowest BCUT2D eigenvalue weighted by Crippen LogP contribution is -2.49. The second-order valence-electron chi connectivity index (χ2n) is 10.5. The third-order valence-electron chi connectivity index (χ3n) is 7.93. The molecule has 0 N–H and O–H groups in total. The van der Waals surface area contributed by atoms with E-state index < -0.39 is 5.92 Å². The maximum atomic E-state index is 14.2. The fourth-order valence-electron chi connectivity index (χ4n) is 6.18. The average Bonchev–Trinajstić information content (AvgIpc) is 3.60. The Labute approximate surface area is 238 Å². The Morgan fingerprint density at radius 1 is 0.950 bits per heavy atom. The van der Waals surface area contributed by atoms with Crippen molar-refractivity contribution >= 4 is 11.9 Å². The normalized spacial score (nSPS) is 20.8. The van der Waals surface area contributed by atoms with Crippen molar-refractivity contribution in [2.24, 2.45) is 5.92 Å². The maximum Gasteiger partial charge on any atom is 0.311 e. The molecule has 2 aromatic carbocycles. The van der Waals surface area contributed by atoms with Gasteiger partial charge in [0.15, 0.2) is 11.5 Å². The van der Waals surface area contributed by atoms with E-state index in [1.165, 1.54) is 0 Å². The molecular weight excluding hydrogens is 508 g/mol. The Bertz CT molecular complexity index is 1130. The third kappa shape index (κ3) is 6.22. The lowest BCUT2D eigenvalue weighted by molar-refractivity contribution is -0.150. The molecule has 2 aromatic rings. The lowest BCUT2D eigenvalue weighted by Gasteiger charge is -2.37. The Morgan fingerprint density at radius 2 is 1.62 bits per heavy atom. The minimum absolute atomic E-state index is 0.137. The van der Waals surface area contributed by atoms with Crippen LogP contribution in [-0.4, -0.2) is 67.9 Å². The first kappa shape index (κ1) is 29.7. The van der Waals surface area contributed by atoms with Crippen LogP contribution in [0.15, 0.2) is 42.5 Å². The van der Waals surface area contributed by atoms with Crippen LogP contribution in [0.2, 0.25) is 0 Å². The van der Waals surface area contributed by atoms with Crippen LogP contribution in [0.1, 0.15) is 76.5 Å². The smallest absolute Gasteiger partial charge is 0.311 e. The predicted molar refractivity (Wildman–Crippen MR) is 154 cm³/mol. The van der Waals surface area contributed by atoms with E-state index in [-0.39, 0.29) is 43.3 Å². The van der Waals surface area contributed by atoms with Crippen LogP contribution in [-0.2, 0) is 14.3 Å². The highest BCUT2D eigenvalue weighted by molar-refractivity contribution is 5.83. The van der Waals surface area contributed by atoms with E-state index >= 15 is 0 Å². The van der Waals surface area contributed by atoms with E-state index in [9.17, 15) is 9.59 Å². The van der Waals surface area contributed by atoms with Crippen molar-refractivity contribution in [3.63, 3.8) is 0 Å². The molecule has 2 heterocycles. The zero-order chi connectivity index (χ0) is 28.6. The van der Waals surface area contributed by atoms with Gasteiger partial charge in [-0.2, -0.15) is 0 Å². The van der Waals surface area contributed by atoms with Crippen LogP contribution in [0, 0.1) is 5.92 Å². The summed E-state index contributed by atoms with van der Waals surface area (Å²) in [5.74, 6) is 1.30. The summed E-state index contributed by atoms with van der Waals surface area (Å²) in [4.78, 5) is 32.2. The molecule has 0 radical (unpaired) electrons. The first-order valence-corrected chi connectivity index (χ1v) is 14.7. The number of methoxy groups -OCH3 is 1. The van der Waals surface area contributed by atoms with Gasteiger partial charge in [0.2, 0.25) is 12.7 Å². The second kappa shape index (κ2) is 13.9. The van der Waals surface area contributed by atoms with Gasteiger partial charge in [-0.1, -0.05) is 45.4 Å². The van der Waals surface area contributed by atoms with Gasteiger partial charge in [-0.05, 0) is 61.6 Å². The Morgan fingerprint density at radius 3 is 2.25 bits per heavy atom. The molecule has 8 nitrogen and oxygen atoms in total. The fourth-order valence-corrected chi connectivity index (χ4v) is 6.18. The fraction of sp³-hybridized carbons (Fsp3) is 0.562. The van der Waals surface area contributed by atoms with E-state index in [2.05, 4.69) is 25.7 Å². The number of hydrogen-bond donors (Lipinski definition) is 0. The summed E-state index contributed by atoms with van der Waals surface area (Å²) in [5.41, 5.74) is 1.94. The molecule has 0 unspecified atom stereocenters. The van der Waals surface area contributed by atoms with Crippen LogP contribution in [0.5, 0.6) is 17.2 Å². The molecule has 218 valence electrons. The lowest BCUT2D eigenvalue weighted by atomic mass is 9.82. The molecule has 0 bridgehead atoms. The Kier molecular flexibility index (Phi) is 10.3. The Balaban J connectivity index is 1.83. The van der Waals surface area contributed by atoms with E-state index in [4.69, 9.17) is 18.9 Å². The molecule has 4 rings (SSSR count). The number of benzene rings is 2.